The predicted octanol–water partition coefficient (Wildman–Crippen LogP) is -0.249. The normalized spacial score (nSPS) is 28.9. The van der Waals surface area contributed by atoms with Crippen molar-refractivity contribution in [2.24, 2.45) is 20.7 Å². The van der Waals surface area contributed by atoms with Crippen LogP contribution in [0.25, 0.3) is 11.2 Å². The zero-order valence-electron chi connectivity index (χ0n) is 60.4. The number of amidine groups is 1. The van der Waals surface area contributed by atoms with Crippen molar-refractivity contribution in [3.8, 4) is 0 Å². The van der Waals surface area contributed by atoms with Crippen LogP contribution in [0.3, 0.4) is 0 Å². The Balaban J connectivity index is 0.894. The molecule has 15 unspecified atom stereocenters. The van der Waals surface area contributed by atoms with Gasteiger partial charge in [0.05, 0.1) is 94.8 Å². The number of piperazine rings is 1. The molecule has 11 rings (SSSR count). The van der Waals surface area contributed by atoms with Crippen LogP contribution in [-0.4, -0.2) is 321 Å². The number of ether oxygens (including phenoxy) is 4. The quantitative estimate of drug-likeness (QED) is 0.0442. The van der Waals surface area contributed by atoms with Crippen LogP contribution >= 0.6 is 38.2 Å². The van der Waals surface area contributed by atoms with Crippen LogP contribution in [0.15, 0.2) is 58.9 Å². The van der Waals surface area contributed by atoms with E-state index in [1.54, 1.807) is 101 Å². The summed E-state index contributed by atoms with van der Waals surface area (Å²) >= 11 is 0. The molecule has 0 spiro atoms. The zero-order chi connectivity index (χ0) is 75.3. The Morgan fingerprint density at radius 1 is 0.606 bits per heavy atom. The van der Waals surface area contributed by atoms with Gasteiger partial charge in [0.15, 0.2) is 29.8 Å². The number of rotatable bonds is 26. The first kappa shape index (κ1) is 79.5. The van der Waals surface area contributed by atoms with Gasteiger partial charge in [0, 0.05) is 77.4 Å². The number of morpholine rings is 4. The van der Waals surface area contributed by atoms with Gasteiger partial charge in [-0.05, 0) is 90.1 Å². The van der Waals surface area contributed by atoms with Crippen molar-refractivity contribution in [1.82, 2.24) is 90.9 Å². The number of aromatic amines is 2. The first-order valence-corrected chi connectivity index (χ1v) is 41.2. The van der Waals surface area contributed by atoms with E-state index in [4.69, 9.17) is 58.8 Å². The highest BCUT2D eigenvalue weighted by Crippen LogP contribution is 2.62. The van der Waals surface area contributed by atoms with E-state index in [0.717, 1.165) is 0 Å². The van der Waals surface area contributed by atoms with Crippen LogP contribution in [0.1, 0.15) is 45.0 Å². The Labute approximate surface area is 599 Å². The van der Waals surface area contributed by atoms with Crippen molar-refractivity contribution < 1.29 is 64.4 Å². The maximum atomic E-state index is 16.5. The van der Waals surface area contributed by atoms with Crippen molar-refractivity contribution >= 4 is 79.6 Å². The number of aliphatic imine (C=N–C) groups is 3. The molecule has 43 nitrogen and oxygen atoms in total. The summed E-state index contributed by atoms with van der Waals surface area (Å²) < 4.78 is 155. The van der Waals surface area contributed by atoms with Crippen molar-refractivity contribution in [2.75, 3.05) is 180 Å². The second kappa shape index (κ2) is 31.6. The largest absolute Gasteiger partial charge is 0.385 e. The number of fused-ring (bicyclic) bond motifs is 2. The van der Waals surface area contributed by atoms with E-state index in [1.165, 1.54) is 88.6 Å². The molecule has 5 fully saturated rings. The minimum absolute atomic E-state index is 0.0394. The molecule has 9 N–H and O–H groups in total. The third-order valence-corrected chi connectivity index (χ3v) is 32.1. The molecule has 0 saturated carbocycles. The molecule has 5 saturated heterocycles. The van der Waals surface area contributed by atoms with Crippen molar-refractivity contribution in [3.05, 3.63) is 72.0 Å². The number of nitrogens with two attached hydrogens (primary N) is 3. The summed E-state index contributed by atoms with van der Waals surface area (Å²) in [4.78, 5) is 85.4. The highest BCUT2D eigenvalue weighted by atomic mass is 31.2. The van der Waals surface area contributed by atoms with Gasteiger partial charge in [0.25, 0.3) is 18.6 Å². The van der Waals surface area contributed by atoms with E-state index in [0.29, 0.717) is 13.1 Å². The SMILES string of the molecule is COP(=O)(N(C)C)N1CC(COP(=O)(N2CCNCC2)N2CC(COP(=O)(N(C)C)N3CC(COP(=O)(N(C)C)N4CC(COP(=O)(N(C)C)C(C)(C)C)OC(n5cnc6c(=O)[nH]c(N)nc65)C4)OC(N4C=NC5C(N)=NC=NC54)C3)OC(n3ccc(N)nc3=O)C2)OC(n2cc(C)c(=O)[nH]c2=O)C1. The smallest absolute Gasteiger partial charge is 0.351 e. The lowest BCUT2D eigenvalue weighted by atomic mass is 10.2. The fourth-order valence-corrected chi connectivity index (χ4v) is 23.7. The van der Waals surface area contributed by atoms with Crippen molar-refractivity contribution in [1.29, 1.82) is 0 Å². The first-order valence-electron chi connectivity index (χ1n) is 33.5. The second-order valence-electron chi connectivity index (χ2n) is 27.6. The number of aryl methyl sites for hydroxylation is 1. The molecule has 578 valence electrons. The summed E-state index contributed by atoms with van der Waals surface area (Å²) in [6.07, 6.45) is -2.59. The fourth-order valence-electron chi connectivity index (χ4n) is 13.3. The third kappa shape index (κ3) is 16.1. The molecule has 15 atom stereocenters. The van der Waals surface area contributed by atoms with Crippen LogP contribution < -0.4 is 45.0 Å². The van der Waals surface area contributed by atoms with Gasteiger partial charge in [0.2, 0.25) is 5.95 Å². The average Bonchev–Trinajstić information content (AvgIpc) is 1.26. The number of H-pyrrole nitrogens is 2. The topological polar surface area (TPSA) is 481 Å². The zero-order valence-corrected chi connectivity index (χ0v) is 64.8. The number of imidazole rings is 1. The van der Waals surface area contributed by atoms with Gasteiger partial charge in [0.1, 0.15) is 36.5 Å². The predicted molar refractivity (Wildman–Crippen MR) is 384 cm³/mol. The van der Waals surface area contributed by atoms with E-state index >= 15 is 13.7 Å². The number of anilines is 2. The molecule has 7 aliphatic rings. The summed E-state index contributed by atoms with van der Waals surface area (Å²) in [5.41, 5.74) is 15.8. The molecule has 0 amide bonds. The molecule has 0 bridgehead atoms. The number of nitrogen functional groups attached to an aromatic ring is 2. The van der Waals surface area contributed by atoms with E-state index in [9.17, 15) is 28.3 Å². The molecule has 4 aromatic heterocycles. The van der Waals surface area contributed by atoms with Gasteiger partial charge in [-0.15, -0.1) is 0 Å². The number of hydrogen-bond acceptors (Lipinski definition) is 29. The average molecular weight is 1560 g/mol. The molecule has 48 heteroatoms. The van der Waals surface area contributed by atoms with E-state index in [1.807, 2.05) is 0 Å². The Morgan fingerprint density at radius 2 is 1.12 bits per heavy atom. The minimum atomic E-state index is -4.35. The van der Waals surface area contributed by atoms with Gasteiger partial charge in [-0.1, -0.05) is 0 Å². The standard InChI is InChI=1S/C56H96N25O18P5/c1-36-20-79(55(85)68-51(36)82)43-26-74(101(87,91-13)70(7)8)21-38(97-43)32-95-104(90,73-18-15-60-16-19-73)77-24-40(96-42(25-77)78-17-14-41(57)65-54(78)84)31-94-103(89,72(11)12)76-23-39(99-44(27-76)80-34-63-46-48(58)61-33-62-49(46)80)30-93-102(88,71(9)10)75-22-37(29-92-100(86,69(5)6)56(2,3)4)98-45(28-75)81-35-64-47-50(81)66-53(59)67-52(47)83/h14,17,20,33-35,37-40,42-46,49,60H,15-16,18-19,21-32H2,1-13H3,(H2,57,65,84)(H2,58,61,62)(H,68,82,85)(H3,59,66,67,83). The second-order valence-corrected chi connectivity index (χ2v) is 41.4. The van der Waals surface area contributed by atoms with E-state index in [2.05, 4.69) is 45.2 Å². The third-order valence-electron chi connectivity index (χ3n) is 18.6. The summed E-state index contributed by atoms with van der Waals surface area (Å²) in [6.45, 7) is 5.29. The lowest BCUT2D eigenvalue weighted by Crippen LogP contribution is -2.58. The molecule has 7 aliphatic heterocycles. The molecule has 11 heterocycles. The Kier molecular flexibility index (Phi) is 24.2. The fraction of sp³-hybridized carbons (Fsp3) is 0.714. The minimum Gasteiger partial charge on any atom is -0.385 e. The lowest BCUT2D eigenvalue weighted by Gasteiger charge is -2.47. The van der Waals surface area contributed by atoms with Gasteiger partial charge in [-0.3, -0.25) is 61.1 Å². The molecular formula is C56H96N25O18P5. The van der Waals surface area contributed by atoms with Gasteiger partial charge >= 0.3 is 42.1 Å². The summed E-state index contributed by atoms with van der Waals surface area (Å²) in [6, 6.07) is 0.691. The monoisotopic (exact) mass is 1560 g/mol. The summed E-state index contributed by atoms with van der Waals surface area (Å²) in [5.74, 6) is -0.0718. The highest BCUT2D eigenvalue weighted by molar-refractivity contribution is 7.58. The number of hydrogen-bond donors (Lipinski definition) is 6. The van der Waals surface area contributed by atoms with E-state index in [-0.39, 0.29) is 106 Å². The number of nitrogens with zero attached hydrogens (tertiary/aromatic N) is 19. The maximum absolute atomic E-state index is 16.5. The van der Waals surface area contributed by atoms with Crippen LogP contribution in [0.5, 0.6) is 0 Å². The van der Waals surface area contributed by atoms with Crippen LogP contribution in [0, 0.1) is 6.92 Å². The van der Waals surface area contributed by atoms with Crippen LogP contribution in [0.2, 0.25) is 0 Å². The van der Waals surface area contributed by atoms with Crippen molar-refractivity contribution in [2.45, 2.75) is 94.4 Å². The van der Waals surface area contributed by atoms with Gasteiger partial charge in [-0.25, -0.2) is 66.6 Å². The Hall–Kier alpha value is -5.49. The van der Waals surface area contributed by atoms with Crippen LogP contribution in [0.4, 0.5) is 11.8 Å². The molecule has 104 heavy (non-hydrogen) atoms. The first-order chi connectivity index (χ1) is 49.0. The van der Waals surface area contributed by atoms with Crippen molar-refractivity contribution in [3.63, 3.8) is 0 Å². The Bertz CT molecular complexity index is 4370. The molecular weight excluding hydrogens is 1470 g/mol. The summed E-state index contributed by atoms with van der Waals surface area (Å²) in [5, 5.41) is 2.44. The molecule has 4 aromatic rings. The lowest BCUT2D eigenvalue weighted by molar-refractivity contribution is -0.140. The molecule has 0 aliphatic carbocycles. The van der Waals surface area contributed by atoms with Gasteiger partial charge < -0.3 is 69.0 Å². The van der Waals surface area contributed by atoms with Gasteiger partial charge in [-0.2, -0.15) is 9.97 Å². The van der Waals surface area contributed by atoms with Crippen LogP contribution in [-0.2, 0) is 64.4 Å². The summed E-state index contributed by atoms with van der Waals surface area (Å²) in [7, 11) is -6.31. The molecule has 0 aromatic carbocycles. The number of aromatic nitrogens is 8. The highest BCUT2D eigenvalue weighted by Gasteiger charge is 2.53. The maximum Gasteiger partial charge on any atom is 0.351 e. The Morgan fingerprint density at radius 3 is 1.68 bits per heavy atom. The van der Waals surface area contributed by atoms with E-state index < -0.39 is 147 Å². The molecule has 0 radical (unpaired) electrons. The number of nitrogens with one attached hydrogen (secondary N) is 3.